The molecule has 5 nitrogen and oxygen atoms in total. The molecular weight excluding hydrogens is 550 g/mol. The molecule has 0 radical (unpaired) electrons. The minimum absolute atomic E-state index is 0.0592. The molecule has 2 aliphatic heterocycles. The summed E-state index contributed by atoms with van der Waals surface area (Å²) in [6.07, 6.45) is 1.88. The minimum atomic E-state index is -1.17. The maximum atomic E-state index is 15.8. The number of anilines is 1. The summed E-state index contributed by atoms with van der Waals surface area (Å²) >= 11 is 12.6. The van der Waals surface area contributed by atoms with E-state index in [1.54, 1.807) is 31.3 Å². The molecule has 4 atom stereocenters. The van der Waals surface area contributed by atoms with Crippen molar-refractivity contribution in [3.63, 3.8) is 0 Å². The second-order valence-electron chi connectivity index (χ2n) is 11.5. The van der Waals surface area contributed by atoms with Crippen molar-refractivity contribution in [1.82, 2.24) is 10.6 Å². The van der Waals surface area contributed by atoms with Gasteiger partial charge in [-0.2, -0.15) is 0 Å². The third kappa shape index (κ3) is 4.61. The summed E-state index contributed by atoms with van der Waals surface area (Å²) in [5.74, 6) is -1.68. The Labute approximate surface area is 237 Å². The Morgan fingerprint density at radius 1 is 1.18 bits per heavy atom. The van der Waals surface area contributed by atoms with Gasteiger partial charge >= 0.3 is 0 Å². The third-order valence-electron chi connectivity index (χ3n) is 9.22. The van der Waals surface area contributed by atoms with E-state index in [9.17, 15) is 13.6 Å². The smallest absolute Gasteiger partial charge is 0.238 e. The molecule has 1 spiro atoms. The lowest BCUT2D eigenvalue weighted by Crippen LogP contribution is -2.68. The highest BCUT2D eigenvalue weighted by Crippen LogP contribution is 2.66. The van der Waals surface area contributed by atoms with E-state index in [4.69, 9.17) is 27.9 Å². The van der Waals surface area contributed by atoms with Gasteiger partial charge in [-0.1, -0.05) is 48.3 Å². The number of hydrogen-bond donors (Lipinski definition) is 3. The molecule has 10 heteroatoms. The largest absolute Gasteiger partial charge is 0.388 e. The Hall–Kier alpha value is -2.00. The lowest BCUT2D eigenvalue weighted by atomic mass is 9.46. The molecule has 0 unspecified atom stereocenters. The van der Waals surface area contributed by atoms with Crippen LogP contribution in [0.5, 0.6) is 0 Å². The first-order chi connectivity index (χ1) is 18.6. The van der Waals surface area contributed by atoms with Crippen LogP contribution in [-0.4, -0.2) is 57.1 Å². The quantitative estimate of drug-likeness (QED) is 0.377. The third-order valence-corrected chi connectivity index (χ3v) is 9.74. The molecule has 2 heterocycles. The molecule has 39 heavy (non-hydrogen) atoms. The van der Waals surface area contributed by atoms with E-state index >= 15 is 4.39 Å². The molecule has 3 N–H and O–H groups in total. The molecule has 1 aliphatic carbocycles. The molecule has 1 saturated carbocycles. The molecular formula is C29H34Cl2F3N3O2. The topological polar surface area (TPSA) is 62.4 Å². The van der Waals surface area contributed by atoms with Gasteiger partial charge in [0.25, 0.3) is 0 Å². The predicted molar refractivity (Wildman–Crippen MR) is 148 cm³/mol. The van der Waals surface area contributed by atoms with Crippen LogP contribution in [0.15, 0.2) is 36.4 Å². The van der Waals surface area contributed by atoms with Crippen molar-refractivity contribution in [1.29, 1.82) is 0 Å². The van der Waals surface area contributed by atoms with Crippen LogP contribution in [0, 0.1) is 11.2 Å². The van der Waals surface area contributed by atoms with E-state index < -0.39 is 47.5 Å². The summed E-state index contributed by atoms with van der Waals surface area (Å²) in [7, 11) is 1.75. The number of carbonyl (C=O) groups excluding carboxylic acids is 1. The van der Waals surface area contributed by atoms with Crippen LogP contribution < -0.4 is 16.0 Å². The highest BCUT2D eigenvalue weighted by Gasteiger charge is 2.72. The van der Waals surface area contributed by atoms with Gasteiger partial charge in [-0.15, -0.1) is 0 Å². The lowest BCUT2D eigenvalue weighted by Gasteiger charge is -2.60. The fourth-order valence-corrected chi connectivity index (χ4v) is 7.65. The van der Waals surface area contributed by atoms with Crippen molar-refractivity contribution < 1.29 is 22.7 Å². The average molecular weight is 585 g/mol. The van der Waals surface area contributed by atoms with Crippen molar-refractivity contribution in [2.24, 2.45) is 5.41 Å². The monoisotopic (exact) mass is 583 g/mol. The lowest BCUT2D eigenvalue weighted by molar-refractivity contribution is -0.125. The average Bonchev–Trinajstić information content (AvgIpc) is 3.19. The zero-order valence-corrected chi connectivity index (χ0v) is 23.6. The van der Waals surface area contributed by atoms with E-state index in [1.807, 2.05) is 13.0 Å². The van der Waals surface area contributed by atoms with E-state index in [-0.39, 0.29) is 35.4 Å². The molecule has 3 fully saturated rings. The van der Waals surface area contributed by atoms with Gasteiger partial charge in [0, 0.05) is 46.7 Å². The van der Waals surface area contributed by atoms with Crippen molar-refractivity contribution >= 4 is 34.8 Å². The van der Waals surface area contributed by atoms with Gasteiger partial charge in [0.05, 0.1) is 37.1 Å². The van der Waals surface area contributed by atoms with Crippen molar-refractivity contribution in [3.8, 4) is 0 Å². The Bertz CT molecular complexity index is 1230. The first-order valence-electron chi connectivity index (χ1n) is 13.3. The summed E-state index contributed by atoms with van der Waals surface area (Å²) < 4.78 is 49.8. The van der Waals surface area contributed by atoms with Crippen LogP contribution in [0.2, 0.25) is 10.0 Å². The van der Waals surface area contributed by atoms with Gasteiger partial charge in [0.1, 0.15) is 5.82 Å². The minimum Gasteiger partial charge on any atom is -0.388 e. The van der Waals surface area contributed by atoms with Crippen molar-refractivity contribution in [3.05, 3.63) is 63.4 Å². The Morgan fingerprint density at radius 2 is 1.92 bits per heavy atom. The zero-order chi connectivity index (χ0) is 28.0. The Kier molecular flexibility index (Phi) is 7.88. The number of alkyl halides is 2. The number of benzene rings is 2. The predicted octanol–water partition coefficient (Wildman–Crippen LogP) is 5.94. The summed E-state index contributed by atoms with van der Waals surface area (Å²) in [6, 6.07) is 9.05. The fraction of sp³-hybridized carbons (Fsp3) is 0.552. The second kappa shape index (κ2) is 10.8. The van der Waals surface area contributed by atoms with Gasteiger partial charge in [-0.25, -0.2) is 4.39 Å². The van der Waals surface area contributed by atoms with Gasteiger partial charge in [0.2, 0.25) is 5.91 Å². The van der Waals surface area contributed by atoms with Gasteiger partial charge in [0.15, 0.2) is 0 Å². The second-order valence-corrected chi connectivity index (χ2v) is 12.4. The molecule has 5 rings (SSSR count). The SMILES string of the molecule is CNc1cc(Cl)ccc1[C@]1(C)[C@@H](c2cccc(Cl)c2F)[C@H](C(=O)N[C@@H]2CCCOC2)NC12CC(CF)(CF)C2. The Balaban J connectivity index is 1.70. The number of halogens is 5. The highest BCUT2D eigenvalue weighted by molar-refractivity contribution is 6.31. The van der Waals surface area contributed by atoms with Gasteiger partial charge < -0.3 is 15.4 Å². The molecule has 2 saturated heterocycles. The van der Waals surface area contributed by atoms with Crippen LogP contribution in [0.1, 0.15) is 49.7 Å². The van der Waals surface area contributed by atoms with E-state index in [0.29, 0.717) is 23.9 Å². The number of hydrogen-bond acceptors (Lipinski definition) is 4. The van der Waals surface area contributed by atoms with Crippen molar-refractivity contribution in [2.75, 3.05) is 38.9 Å². The molecule has 212 valence electrons. The van der Waals surface area contributed by atoms with Gasteiger partial charge in [-0.05, 0) is 55.0 Å². The highest BCUT2D eigenvalue weighted by atomic mass is 35.5. The molecule has 2 aromatic rings. The van der Waals surface area contributed by atoms with Crippen LogP contribution in [0.3, 0.4) is 0 Å². The molecule has 1 amide bonds. The summed E-state index contributed by atoms with van der Waals surface area (Å²) in [5.41, 5.74) is -1.33. The van der Waals surface area contributed by atoms with Crippen LogP contribution in [0.25, 0.3) is 0 Å². The number of amides is 1. The number of rotatable bonds is 7. The molecule has 0 bridgehead atoms. The summed E-state index contributed by atoms with van der Waals surface area (Å²) in [5, 5.41) is 10.2. The molecule has 0 aromatic heterocycles. The van der Waals surface area contributed by atoms with E-state index in [1.165, 1.54) is 6.07 Å². The Morgan fingerprint density at radius 3 is 2.56 bits per heavy atom. The number of carbonyl (C=O) groups is 1. The molecule has 3 aliphatic rings. The summed E-state index contributed by atoms with van der Waals surface area (Å²) in [4.78, 5) is 14.0. The van der Waals surface area contributed by atoms with Gasteiger partial charge in [-0.3, -0.25) is 18.9 Å². The number of nitrogens with one attached hydrogen (secondary N) is 3. The first kappa shape index (κ1) is 28.5. The molecule has 2 aromatic carbocycles. The first-order valence-corrected chi connectivity index (χ1v) is 14.1. The maximum absolute atomic E-state index is 15.8. The van der Waals surface area contributed by atoms with Crippen molar-refractivity contribution in [2.45, 2.75) is 61.6 Å². The standard InChI is InChI=1S/C29H34Cl2F3N3O2/c1-27(20-9-8-17(30)11-22(20)35-2)23(19-6-3-7-21(31)24(19)34)25(26(38)36-18-5-4-10-39-12-18)37-29(27)13-28(14-29,15-32)16-33/h3,6-9,11,18,23,25,35,37H,4-5,10,12-16H2,1-2H3,(H,36,38)/t18-,23+,25-,27-/m1/s1. The fourth-order valence-electron chi connectivity index (χ4n) is 7.30. The van der Waals surface area contributed by atoms with Crippen LogP contribution in [0.4, 0.5) is 18.9 Å². The summed E-state index contributed by atoms with van der Waals surface area (Å²) in [6.45, 7) is 1.34. The van der Waals surface area contributed by atoms with E-state index in [2.05, 4.69) is 16.0 Å². The van der Waals surface area contributed by atoms with Crippen LogP contribution in [-0.2, 0) is 14.9 Å². The maximum Gasteiger partial charge on any atom is 0.238 e. The zero-order valence-electron chi connectivity index (χ0n) is 22.1. The van der Waals surface area contributed by atoms with Crippen LogP contribution >= 0.6 is 23.2 Å². The van der Waals surface area contributed by atoms with E-state index in [0.717, 1.165) is 18.4 Å². The normalized spacial score (nSPS) is 29.2. The number of ether oxygens (including phenoxy) is 1.